The number of rotatable bonds is 3. The molecule has 2 aromatic heterocycles. The lowest BCUT2D eigenvalue weighted by Gasteiger charge is -2.09. The molecule has 6 nitrogen and oxygen atoms in total. The van der Waals surface area contributed by atoms with Gasteiger partial charge in [0, 0.05) is 5.92 Å². The zero-order valence-electron chi connectivity index (χ0n) is 9.28. The number of aromatic nitrogens is 3. The summed E-state index contributed by atoms with van der Waals surface area (Å²) in [5, 5.41) is 4.15. The van der Waals surface area contributed by atoms with Crippen molar-refractivity contribution in [3.63, 3.8) is 0 Å². The Morgan fingerprint density at radius 1 is 1.50 bits per heavy atom. The van der Waals surface area contributed by atoms with Crippen LogP contribution in [0.1, 0.15) is 12.8 Å². The number of amides is 2. The van der Waals surface area contributed by atoms with E-state index in [1.54, 1.807) is 12.1 Å². The molecule has 0 atom stereocenters. The molecule has 7 heteroatoms. The van der Waals surface area contributed by atoms with E-state index in [-0.39, 0.29) is 17.8 Å². The van der Waals surface area contributed by atoms with Crippen LogP contribution in [0.15, 0.2) is 22.8 Å². The van der Waals surface area contributed by atoms with Gasteiger partial charge in [-0.15, -0.1) is 5.10 Å². The van der Waals surface area contributed by atoms with Gasteiger partial charge in [0.15, 0.2) is 5.65 Å². The predicted octanol–water partition coefficient (Wildman–Crippen LogP) is 1.39. The third-order valence-electron chi connectivity index (χ3n) is 2.79. The highest BCUT2D eigenvalue weighted by molar-refractivity contribution is 9.10. The smallest absolute Gasteiger partial charge is 0.259 e. The van der Waals surface area contributed by atoms with Crippen LogP contribution in [0.3, 0.4) is 0 Å². The maximum Gasteiger partial charge on any atom is 0.259 e. The Kier molecular flexibility index (Phi) is 2.62. The number of pyridine rings is 1. The molecule has 0 aliphatic heterocycles. The molecule has 1 fully saturated rings. The van der Waals surface area contributed by atoms with Crippen molar-refractivity contribution in [1.82, 2.24) is 14.6 Å². The van der Waals surface area contributed by atoms with Crippen molar-refractivity contribution >= 4 is 39.8 Å². The molecule has 92 valence electrons. The quantitative estimate of drug-likeness (QED) is 0.635. The number of carbonyl (C=O) groups excluding carboxylic acids is 2. The number of fused-ring (bicyclic) bond motifs is 1. The monoisotopic (exact) mass is 308 g/mol. The van der Waals surface area contributed by atoms with E-state index < -0.39 is 0 Å². The van der Waals surface area contributed by atoms with Crippen molar-refractivity contribution in [2.24, 2.45) is 5.92 Å². The molecule has 0 radical (unpaired) electrons. The number of imide groups is 1. The molecule has 3 rings (SSSR count). The molecule has 2 aromatic rings. The first-order chi connectivity index (χ1) is 8.70. The van der Waals surface area contributed by atoms with Crippen LogP contribution in [-0.4, -0.2) is 26.9 Å². The second-order valence-corrected chi connectivity index (χ2v) is 4.93. The van der Waals surface area contributed by atoms with Gasteiger partial charge in [-0.2, -0.15) is 4.98 Å². The summed E-state index contributed by atoms with van der Waals surface area (Å²) >= 11 is 3.33. The summed E-state index contributed by atoms with van der Waals surface area (Å²) in [5.41, 5.74) is 0.579. The second kappa shape index (κ2) is 4.16. The van der Waals surface area contributed by atoms with Crippen LogP contribution in [0.4, 0.5) is 5.95 Å². The van der Waals surface area contributed by atoms with Crippen molar-refractivity contribution in [2.75, 3.05) is 4.90 Å². The third-order valence-corrected chi connectivity index (χ3v) is 3.39. The van der Waals surface area contributed by atoms with E-state index in [0.717, 1.165) is 17.7 Å². The summed E-state index contributed by atoms with van der Waals surface area (Å²) in [5.74, 6) is -0.156. The standard InChI is InChI=1S/C11H9BrN4O2/c12-8-2-1-3-9-13-11(14-16(8)9)15(6-17)10(18)7-4-5-7/h1-3,6-7H,4-5H2. The minimum absolute atomic E-state index is 0.0507. The van der Waals surface area contributed by atoms with E-state index in [1.165, 1.54) is 4.52 Å². The first-order valence-corrected chi connectivity index (χ1v) is 6.29. The van der Waals surface area contributed by atoms with E-state index in [2.05, 4.69) is 26.0 Å². The summed E-state index contributed by atoms with van der Waals surface area (Å²) in [6, 6.07) is 5.37. The summed E-state index contributed by atoms with van der Waals surface area (Å²) in [6.45, 7) is 0. The van der Waals surface area contributed by atoms with Gasteiger partial charge >= 0.3 is 0 Å². The minimum atomic E-state index is -0.225. The molecule has 0 unspecified atom stereocenters. The first-order valence-electron chi connectivity index (χ1n) is 5.50. The van der Waals surface area contributed by atoms with Gasteiger partial charge < -0.3 is 0 Å². The van der Waals surface area contributed by atoms with Crippen molar-refractivity contribution in [3.05, 3.63) is 22.8 Å². The number of nitrogens with zero attached hydrogens (tertiary/aromatic N) is 4. The average molecular weight is 309 g/mol. The fraction of sp³-hybridized carbons (Fsp3) is 0.273. The Bertz CT molecular complexity index is 635. The number of carbonyl (C=O) groups is 2. The largest absolute Gasteiger partial charge is 0.278 e. The summed E-state index contributed by atoms with van der Waals surface area (Å²) in [6.07, 6.45) is 2.14. The lowest BCUT2D eigenvalue weighted by atomic mass is 10.4. The Morgan fingerprint density at radius 2 is 2.28 bits per heavy atom. The predicted molar refractivity (Wildman–Crippen MR) is 67.0 cm³/mol. The molecule has 1 saturated carbocycles. The number of hydrogen-bond acceptors (Lipinski definition) is 4. The second-order valence-electron chi connectivity index (χ2n) is 4.12. The molecule has 0 N–H and O–H groups in total. The zero-order chi connectivity index (χ0) is 12.7. The summed E-state index contributed by atoms with van der Waals surface area (Å²) in [7, 11) is 0. The van der Waals surface area contributed by atoms with Gasteiger partial charge in [-0.1, -0.05) is 6.07 Å². The van der Waals surface area contributed by atoms with Gasteiger partial charge in [-0.05, 0) is 40.9 Å². The summed E-state index contributed by atoms with van der Waals surface area (Å²) in [4.78, 5) is 28.1. The average Bonchev–Trinajstić information content (AvgIpc) is 3.11. The molecule has 1 aliphatic rings. The van der Waals surface area contributed by atoms with Crippen LogP contribution in [0.5, 0.6) is 0 Å². The van der Waals surface area contributed by atoms with Crippen LogP contribution >= 0.6 is 15.9 Å². The fourth-order valence-corrected chi connectivity index (χ4v) is 2.10. The lowest BCUT2D eigenvalue weighted by Crippen LogP contribution is -2.31. The maximum atomic E-state index is 11.9. The van der Waals surface area contributed by atoms with Crippen LogP contribution in [0.25, 0.3) is 5.65 Å². The van der Waals surface area contributed by atoms with Crippen molar-refractivity contribution in [2.45, 2.75) is 12.8 Å². The lowest BCUT2D eigenvalue weighted by molar-refractivity contribution is -0.122. The van der Waals surface area contributed by atoms with Crippen molar-refractivity contribution in [1.29, 1.82) is 0 Å². The Balaban J connectivity index is 2.04. The topological polar surface area (TPSA) is 67.6 Å². The van der Waals surface area contributed by atoms with Crippen LogP contribution in [0.2, 0.25) is 0 Å². The molecule has 2 heterocycles. The summed E-state index contributed by atoms with van der Waals surface area (Å²) < 4.78 is 2.25. The van der Waals surface area contributed by atoms with E-state index >= 15 is 0 Å². The highest BCUT2D eigenvalue weighted by Crippen LogP contribution is 2.31. The van der Waals surface area contributed by atoms with Crippen molar-refractivity contribution < 1.29 is 9.59 Å². The van der Waals surface area contributed by atoms with Gasteiger partial charge in [0.25, 0.3) is 5.95 Å². The SMILES string of the molecule is O=CN(C(=O)C1CC1)c1nc2cccc(Br)n2n1. The fourth-order valence-electron chi connectivity index (χ4n) is 1.69. The van der Waals surface area contributed by atoms with Crippen LogP contribution < -0.4 is 4.90 Å². The molecule has 0 bridgehead atoms. The molecular weight excluding hydrogens is 300 g/mol. The molecule has 18 heavy (non-hydrogen) atoms. The van der Waals surface area contributed by atoms with Gasteiger partial charge in [-0.25, -0.2) is 9.42 Å². The number of hydrogen-bond donors (Lipinski definition) is 0. The zero-order valence-corrected chi connectivity index (χ0v) is 10.9. The van der Waals surface area contributed by atoms with Gasteiger partial charge in [-0.3, -0.25) is 9.59 Å². The highest BCUT2D eigenvalue weighted by atomic mass is 79.9. The van der Waals surface area contributed by atoms with Crippen LogP contribution in [-0.2, 0) is 9.59 Å². The van der Waals surface area contributed by atoms with Gasteiger partial charge in [0.05, 0.1) is 0 Å². The van der Waals surface area contributed by atoms with Gasteiger partial charge in [0.1, 0.15) is 4.60 Å². The Morgan fingerprint density at radius 3 is 2.89 bits per heavy atom. The molecule has 1 aliphatic carbocycles. The normalized spacial score (nSPS) is 14.7. The minimum Gasteiger partial charge on any atom is -0.278 e. The maximum absolute atomic E-state index is 11.9. The first kappa shape index (κ1) is 11.3. The number of halogens is 1. The molecule has 0 spiro atoms. The molecule has 0 aromatic carbocycles. The Labute approximate surface area is 111 Å². The van der Waals surface area contributed by atoms with E-state index in [4.69, 9.17) is 0 Å². The molecular formula is C11H9BrN4O2. The van der Waals surface area contributed by atoms with E-state index in [9.17, 15) is 9.59 Å². The van der Waals surface area contributed by atoms with E-state index in [0.29, 0.717) is 16.7 Å². The van der Waals surface area contributed by atoms with Crippen LogP contribution in [0, 0.1) is 5.92 Å². The highest BCUT2D eigenvalue weighted by Gasteiger charge is 2.35. The molecule has 2 amide bonds. The molecule has 0 saturated heterocycles. The van der Waals surface area contributed by atoms with Crippen molar-refractivity contribution in [3.8, 4) is 0 Å². The third kappa shape index (κ3) is 1.80. The van der Waals surface area contributed by atoms with Gasteiger partial charge in [0.2, 0.25) is 12.3 Å². The Hall–Kier alpha value is -1.76. The number of anilines is 1. The van der Waals surface area contributed by atoms with E-state index in [1.807, 2.05) is 6.07 Å².